The molecule has 4 fully saturated rings. The molecule has 1 unspecified atom stereocenters. The van der Waals surface area contributed by atoms with Crippen LogP contribution in [0.5, 0.6) is 0 Å². The topological polar surface area (TPSA) is 57.5 Å². The van der Waals surface area contributed by atoms with E-state index in [1.54, 1.807) is 6.92 Å². The highest BCUT2D eigenvalue weighted by atomic mass is 16.4. The first kappa shape index (κ1) is 12.5. The van der Waals surface area contributed by atoms with Gasteiger partial charge in [-0.3, -0.25) is 0 Å². The fraction of sp³-hybridized carbons (Fsp3) is 0.933. The van der Waals surface area contributed by atoms with Gasteiger partial charge in [0.2, 0.25) is 0 Å². The fourth-order valence-corrected chi connectivity index (χ4v) is 5.48. The highest BCUT2D eigenvalue weighted by Crippen LogP contribution is 2.62. The Morgan fingerprint density at radius 2 is 1.61 bits per heavy atom. The van der Waals surface area contributed by atoms with Crippen molar-refractivity contribution in [2.45, 2.75) is 63.9 Å². The van der Waals surface area contributed by atoms with Crippen LogP contribution in [0.1, 0.15) is 58.3 Å². The number of carboxylic acids is 1. The summed E-state index contributed by atoms with van der Waals surface area (Å²) in [7, 11) is 0. The minimum Gasteiger partial charge on any atom is -0.479 e. The normalized spacial score (nSPS) is 44.9. The van der Waals surface area contributed by atoms with E-state index in [9.17, 15) is 15.0 Å². The van der Waals surface area contributed by atoms with Crippen LogP contribution in [0.2, 0.25) is 0 Å². The number of carbonyl (C=O) groups is 1. The van der Waals surface area contributed by atoms with Crippen LogP contribution in [-0.4, -0.2) is 21.8 Å². The maximum atomic E-state index is 11.3. The number of hydrogen-bond acceptors (Lipinski definition) is 2. The summed E-state index contributed by atoms with van der Waals surface area (Å²) in [6, 6.07) is 0. The van der Waals surface area contributed by atoms with Gasteiger partial charge in [0.15, 0.2) is 5.60 Å². The largest absolute Gasteiger partial charge is 0.479 e. The van der Waals surface area contributed by atoms with Crippen LogP contribution in [0.25, 0.3) is 0 Å². The van der Waals surface area contributed by atoms with E-state index in [1.807, 2.05) is 0 Å². The lowest BCUT2D eigenvalue weighted by Crippen LogP contribution is -2.51. The molecule has 102 valence electrons. The molecule has 18 heavy (non-hydrogen) atoms. The third kappa shape index (κ3) is 1.87. The summed E-state index contributed by atoms with van der Waals surface area (Å²) in [6.45, 7) is 1.79. The molecule has 3 nitrogen and oxygen atoms in total. The highest BCUT2D eigenvalue weighted by Gasteiger charge is 2.54. The second-order valence-electron chi connectivity index (χ2n) is 7.28. The average Bonchev–Trinajstić information content (AvgIpc) is 2.25. The standard InChI is InChI=1S/C15H24O3/c1-2-15(18,13(16)17)9-14-6-10-3-11(7-14)5-12(4-10)8-14/h10-12,18H,2-9H2,1H3,(H,16,17). The van der Waals surface area contributed by atoms with Crippen LogP contribution in [0.15, 0.2) is 0 Å². The van der Waals surface area contributed by atoms with Crippen LogP contribution in [0.3, 0.4) is 0 Å². The first-order valence-electron chi connectivity index (χ1n) is 7.40. The maximum absolute atomic E-state index is 11.3. The molecule has 4 bridgehead atoms. The molecule has 0 saturated heterocycles. The molecular weight excluding hydrogens is 228 g/mol. The molecule has 4 aliphatic carbocycles. The molecule has 4 rings (SSSR count). The van der Waals surface area contributed by atoms with Crippen molar-refractivity contribution in [1.82, 2.24) is 0 Å². The first-order valence-corrected chi connectivity index (χ1v) is 7.40. The molecule has 1 atom stereocenters. The van der Waals surface area contributed by atoms with Gasteiger partial charge in [0.05, 0.1) is 0 Å². The lowest BCUT2D eigenvalue weighted by atomic mass is 9.47. The average molecular weight is 252 g/mol. The number of rotatable bonds is 4. The van der Waals surface area contributed by atoms with Crippen molar-refractivity contribution in [1.29, 1.82) is 0 Å². The van der Waals surface area contributed by atoms with Gasteiger partial charge in [0.1, 0.15) is 0 Å². The van der Waals surface area contributed by atoms with Gasteiger partial charge in [0.25, 0.3) is 0 Å². The number of hydrogen-bond donors (Lipinski definition) is 2. The molecule has 0 heterocycles. The van der Waals surface area contributed by atoms with Gasteiger partial charge < -0.3 is 10.2 Å². The Morgan fingerprint density at radius 3 is 1.94 bits per heavy atom. The van der Waals surface area contributed by atoms with Crippen LogP contribution in [0.4, 0.5) is 0 Å². The quantitative estimate of drug-likeness (QED) is 0.809. The van der Waals surface area contributed by atoms with E-state index in [-0.39, 0.29) is 5.41 Å². The lowest BCUT2D eigenvalue weighted by molar-refractivity contribution is -0.169. The third-order valence-corrected chi connectivity index (χ3v) is 5.82. The second kappa shape index (κ2) is 3.96. The highest BCUT2D eigenvalue weighted by molar-refractivity contribution is 5.77. The molecule has 0 amide bonds. The molecule has 0 aromatic carbocycles. The number of carboxylic acid groups (broad SMARTS) is 1. The molecule has 4 saturated carbocycles. The molecule has 0 aromatic rings. The summed E-state index contributed by atoms with van der Waals surface area (Å²) >= 11 is 0. The molecule has 0 aliphatic heterocycles. The summed E-state index contributed by atoms with van der Waals surface area (Å²) in [4.78, 5) is 11.3. The van der Waals surface area contributed by atoms with Gasteiger partial charge in [-0.2, -0.15) is 0 Å². The predicted octanol–water partition coefficient (Wildman–Crippen LogP) is 2.82. The van der Waals surface area contributed by atoms with E-state index in [2.05, 4.69) is 0 Å². The van der Waals surface area contributed by atoms with Gasteiger partial charge >= 0.3 is 5.97 Å². The zero-order chi connectivity index (χ0) is 13.0. The first-order chi connectivity index (χ1) is 8.45. The molecule has 4 aliphatic rings. The van der Waals surface area contributed by atoms with E-state index in [1.165, 1.54) is 19.3 Å². The molecule has 0 aromatic heterocycles. The van der Waals surface area contributed by atoms with Crippen LogP contribution in [-0.2, 0) is 4.79 Å². The van der Waals surface area contributed by atoms with Crippen LogP contribution in [0, 0.1) is 23.2 Å². The zero-order valence-electron chi connectivity index (χ0n) is 11.2. The van der Waals surface area contributed by atoms with Gasteiger partial charge in [-0.25, -0.2) is 4.79 Å². The van der Waals surface area contributed by atoms with Crippen LogP contribution >= 0.6 is 0 Å². The molecule has 0 radical (unpaired) electrons. The summed E-state index contributed by atoms with van der Waals surface area (Å²) < 4.78 is 0. The Bertz CT molecular complexity index is 327. The van der Waals surface area contributed by atoms with Crippen molar-refractivity contribution in [3.8, 4) is 0 Å². The summed E-state index contributed by atoms with van der Waals surface area (Å²) in [6.07, 6.45) is 8.36. The monoisotopic (exact) mass is 252 g/mol. The van der Waals surface area contributed by atoms with E-state index in [0.29, 0.717) is 12.8 Å². The van der Waals surface area contributed by atoms with E-state index in [0.717, 1.165) is 37.0 Å². The Kier molecular flexibility index (Phi) is 2.74. The van der Waals surface area contributed by atoms with Gasteiger partial charge in [0, 0.05) is 0 Å². The van der Waals surface area contributed by atoms with Crippen molar-refractivity contribution in [3.05, 3.63) is 0 Å². The third-order valence-electron chi connectivity index (χ3n) is 5.82. The van der Waals surface area contributed by atoms with Crippen molar-refractivity contribution in [2.24, 2.45) is 23.2 Å². The Labute approximate surface area is 109 Å². The second-order valence-corrected chi connectivity index (χ2v) is 7.28. The smallest absolute Gasteiger partial charge is 0.335 e. The Morgan fingerprint density at radius 1 is 1.17 bits per heavy atom. The van der Waals surface area contributed by atoms with Gasteiger partial charge in [-0.1, -0.05) is 6.92 Å². The summed E-state index contributed by atoms with van der Waals surface area (Å²) in [5.74, 6) is 1.41. The molecule has 0 spiro atoms. The molecular formula is C15H24O3. The predicted molar refractivity (Wildman–Crippen MR) is 68.1 cm³/mol. The Hall–Kier alpha value is -0.570. The number of aliphatic hydroxyl groups is 1. The van der Waals surface area contributed by atoms with E-state index in [4.69, 9.17) is 0 Å². The Balaban J connectivity index is 1.81. The fourth-order valence-electron chi connectivity index (χ4n) is 5.48. The summed E-state index contributed by atoms with van der Waals surface area (Å²) in [5, 5.41) is 19.6. The van der Waals surface area contributed by atoms with Crippen molar-refractivity contribution in [3.63, 3.8) is 0 Å². The van der Waals surface area contributed by atoms with Crippen molar-refractivity contribution >= 4 is 5.97 Å². The lowest BCUT2D eigenvalue weighted by Gasteiger charge is -2.58. The van der Waals surface area contributed by atoms with E-state index < -0.39 is 11.6 Å². The molecule has 2 N–H and O–H groups in total. The van der Waals surface area contributed by atoms with E-state index >= 15 is 0 Å². The SMILES string of the molecule is CCC(O)(CC12CC3CC(CC(C3)C1)C2)C(=O)O. The zero-order valence-corrected chi connectivity index (χ0v) is 11.2. The maximum Gasteiger partial charge on any atom is 0.335 e. The summed E-state index contributed by atoms with van der Waals surface area (Å²) in [5.41, 5.74) is -1.36. The van der Waals surface area contributed by atoms with Crippen molar-refractivity contribution < 1.29 is 15.0 Å². The van der Waals surface area contributed by atoms with Gasteiger partial charge in [-0.15, -0.1) is 0 Å². The minimum atomic E-state index is -1.49. The van der Waals surface area contributed by atoms with Gasteiger partial charge in [-0.05, 0) is 74.5 Å². The molecule has 3 heteroatoms. The van der Waals surface area contributed by atoms with Crippen LogP contribution < -0.4 is 0 Å². The van der Waals surface area contributed by atoms with Crippen molar-refractivity contribution in [2.75, 3.05) is 0 Å². The number of aliphatic carboxylic acids is 1. The minimum absolute atomic E-state index is 0.137.